The van der Waals surface area contributed by atoms with Gasteiger partial charge < -0.3 is 14.8 Å². The largest absolute Gasteiger partial charge is 0.495 e. The average molecular weight is 623 g/mol. The number of aromatic nitrogens is 2. The summed E-state index contributed by atoms with van der Waals surface area (Å²) in [4.78, 5) is 26.1. The number of carbonyl (C=O) groups is 1. The van der Waals surface area contributed by atoms with Gasteiger partial charge in [-0.15, -0.1) is 0 Å². The minimum absolute atomic E-state index is 0.0444. The lowest BCUT2D eigenvalue weighted by atomic mass is 9.82. The van der Waals surface area contributed by atoms with E-state index in [9.17, 15) is 14.9 Å². The van der Waals surface area contributed by atoms with Crippen LogP contribution in [0.25, 0.3) is 11.0 Å². The molecule has 2 aromatic carbocycles. The van der Waals surface area contributed by atoms with Gasteiger partial charge in [0.2, 0.25) is 5.52 Å². The monoisotopic (exact) mass is 622 g/mol. The van der Waals surface area contributed by atoms with E-state index in [1.165, 1.54) is 63.9 Å². The number of benzene rings is 2. The van der Waals surface area contributed by atoms with E-state index in [-0.39, 0.29) is 17.3 Å². The van der Waals surface area contributed by atoms with E-state index in [1.807, 2.05) is 25.1 Å². The lowest BCUT2D eigenvalue weighted by Crippen LogP contribution is -2.54. The summed E-state index contributed by atoms with van der Waals surface area (Å²) < 4.78 is 16.0. The molecule has 1 amide bonds. The van der Waals surface area contributed by atoms with Crippen LogP contribution >= 0.6 is 0 Å². The van der Waals surface area contributed by atoms with Crippen LogP contribution in [0.1, 0.15) is 89.0 Å². The maximum atomic E-state index is 12.7. The first-order valence-electron chi connectivity index (χ1n) is 16.4. The van der Waals surface area contributed by atoms with Gasteiger partial charge in [-0.1, -0.05) is 51.0 Å². The van der Waals surface area contributed by atoms with Gasteiger partial charge in [-0.25, -0.2) is 9.42 Å². The molecule has 1 unspecified atom stereocenters. The number of hydrogen-bond donors (Lipinski definition) is 2. The smallest absolute Gasteiger partial charge is 0.412 e. The van der Waals surface area contributed by atoms with E-state index in [0.29, 0.717) is 34.7 Å². The van der Waals surface area contributed by atoms with Gasteiger partial charge in [0.25, 0.3) is 0 Å². The molecule has 5 rings (SSSR count). The van der Waals surface area contributed by atoms with Gasteiger partial charge in [-0.05, 0) is 73.2 Å². The first-order chi connectivity index (χ1) is 21.9. The number of anilines is 2. The Kier molecular flexibility index (Phi) is 11.5. The van der Waals surface area contributed by atoms with Crippen LogP contribution in [0.15, 0.2) is 35.0 Å². The van der Waals surface area contributed by atoms with Gasteiger partial charge in [0.05, 0.1) is 23.4 Å². The standard InChI is InChI=1S/C33H46N6O6/c1-23-14-17-30(43-2)28(20-23)35-33(40)44-26-21-24-12-11-13-25(22-26)38(24)19-10-8-6-4-3-5-7-9-18-34-27-15-16-29(39(41)42)32-31(27)36-45-37-32/h14-17,20,24-26,34H,3-13,18-19,21-22H2,1-2H3,(H,35,40)/t24-,25+,26?. The molecule has 12 heteroatoms. The SMILES string of the molecule is COc1ccc(C)cc1NC(=O)OC1C[C@H]2CCC[C@@H](C1)N2CCCCCCCCCCNc1ccc([N+](=O)[O-])c2nonc12. The molecule has 3 heterocycles. The Morgan fingerprint density at radius 1 is 0.978 bits per heavy atom. The second-order valence-corrected chi connectivity index (χ2v) is 12.4. The summed E-state index contributed by atoms with van der Waals surface area (Å²) >= 11 is 0. The molecular weight excluding hydrogens is 576 g/mol. The fourth-order valence-electron chi connectivity index (χ4n) is 6.95. The van der Waals surface area contributed by atoms with Gasteiger partial charge in [0, 0.05) is 37.5 Å². The van der Waals surface area contributed by atoms with Crippen molar-refractivity contribution in [3.63, 3.8) is 0 Å². The first-order valence-corrected chi connectivity index (χ1v) is 16.4. The van der Waals surface area contributed by atoms with Crippen molar-refractivity contribution < 1.29 is 23.8 Å². The van der Waals surface area contributed by atoms with Crippen molar-refractivity contribution in [1.29, 1.82) is 0 Å². The van der Waals surface area contributed by atoms with E-state index >= 15 is 0 Å². The molecule has 0 spiro atoms. The van der Waals surface area contributed by atoms with Crippen molar-refractivity contribution in [3.05, 3.63) is 46.0 Å². The lowest BCUT2D eigenvalue weighted by molar-refractivity contribution is -0.383. The Bertz CT molecular complexity index is 1420. The number of amides is 1. The van der Waals surface area contributed by atoms with Crippen LogP contribution in [-0.2, 0) is 4.74 Å². The number of unbranched alkanes of at least 4 members (excludes halogenated alkanes) is 7. The second kappa shape index (κ2) is 15.9. The predicted octanol–water partition coefficient (Wildman–Crippen LogP) is 7.61. The Morgan fingerprint density at radius 3 is 2.38 bits per heavy atom. The zero-order valence-electron chi connectivity index (χ0n) is 26.5. The summed E-state index contributed by atoms with van der Waals surface area (Å²) in [5, 5.41) is 24.8. The van der Waals surface area contributed by atoms with Crippen LogP contribution in [0.5, 0.6) is 5.75 Å². The number of non-ortho nitro benzene ring substituents is 1. The normalized spacial score (nSPS) is 19.7. The van der Waals surface area contributed by atoms with Crippen molar-refractivity contribution in [2.45, 2.75) is 109 Å². The molecule has 12 nitrogen and oxygen atoms in total. The highest BCUT2D eigenvalue weighted by Crippen LogP contribution is 2.36. The zero-order chi connectivity index (χ0) is 31.6. The molecule has 2 bridgehead atoms. The average Bonchev–Trinajstić information content (AvgIpc) is 3.50. The van der Waals surface area contributed by atoms with Crippen molar-refractivity contribution in [1.82, 2.24) is 15.2 Å². The summed E-state index contributed by atoms with van der Waals surface area (Å²) in [6.07, 6.45) is 14.6. The lowest BCUT2D eigenvalue weighted by Gasteiger charge is -2.48. The number of fused-ring (bicyclic) bond motifs is 3. The number of methoxy groups -OCH3 is 1. The Balaban J connectivity index is 0.926. The van der Waals surface area contributed by atoms with Crippen LogP contribution in [0, 0.1) is 17.0 Å². The van der Waals surface area contributed by atoms with Crippen LogP contribution < -0.4 is 15.4 Å². The number of nitrogens with one attached hydrogen (secondary N) is 2. The third kappa shape index (κ3) is 8.62. The topological polar surface area (TPSA) is 145 Å². The van der Waals surface area contributed by atoms with Crippen molar-refractivity contribution in [3.8, 4) is 5.75 Å². The summed E-state index contributed by atoms with van der Waals surface area (Å²) in [6.45, 7) is 3.89. The van der Waals surface area contributed by atoms with Crippen molar-refractivity contribution in [2.75, 3.05) is 30.8 Å². The molecule has 3 atom stereocenters. The molecule has 244 valence electrons. The van der Waals surface area contributed by atoms with E-state index in [4.69, 9.17) is 14.1 Å². The fourth-order valence-corrected chi connectivity index (χ4v) is 6.95. The number of nitrogens with zero attached hydrogens (tertiary/aromatic N) is 4. The molecule has 2 fully saturated rings. The molecule has 2 saturated heterocycles. The van der Waals surface area contributed by atoms with Gasteiger partial charge in [-0.3, -0.25) is 20.3 Å². The van der Waals surface area contributed by atoms with E-state index in [0.717, 1.165) is 44.3 Å². The minimum Gasteiger partial charge on any atom is -0.495 e. The highest BCUT2D eigenvalue weighted by molar-refractivity contribution is 5.93. The van der Waals surface area contributed by atoms with Gasteiger partial charge in [0.15, 0.2) is 5.52 Å². The molecule has 0 radical (unpaired) electrons. The van der Waals surface area contributed by atoms with Crippen molar-refractivity contribution in [2.24, 2.45) is 0 Å². The second-order valence-electron chi connectivity index (χ2n) is 12.4. The quantitative estimate of drug-likeness (QED) is 0.0929. The van der Waals surface area contributed by atoms with Crippen molar-refractivity contribution >= 4 is 34.2 Å². The predicted molar refractivity (Wildman–Crippen MR) is 173 cm³/mol. The number of nitro groups is 1. The van der Waals surface area contributed by atoms with Crippen LogP contribution in [0.4, 0.5) is 21.9 Å². The molecule has 0 saturated carbocycles. The highest BCUT2D eigenvalue weighted by Gasteiger charge is 2.39. The summed E-state index contributed by atoms with van der Waals surface area (Å²) in [7, 11) is 1.60. The highest BCUT2D eigenvalue weighted by atomic mass is 16.6. The molecular formula is C33H46N6O6. The first kappa shape index (κ1) is 32.5. The van der Waals surface area contributed by atoms with Gasteiger partial charge in [0.1, 0.15) is 11.9 Å². The summed E-state index contributed by atoms with van der Waals surface area (Å²) in [5.41, 5.74) is 2.87. The van der Waals surface area contributed by atoms with E-state index in [1.54, 1.807) is 13.2 Å². The van der Waals surface area contributed by atoms with Crippen LogP contribution in [-0.4, -0.2) is 64.6 Å². The van der Waals surface area contributed by atoms with E-state index in [2.05, 4.69) is 25.8 Å². The number of hydrogen-bond acceptors (Lipinski definition) is 10. The fraction of sp³-hybridized carbons (Fsp3) is 0.606. The Morgan fingerprint density at radius 2 is 1.67 bits per heavy atom. The maximum Gasteiger partial charge on any atom is 0.412 e. The third-order valence-corrected chi connectivity index (χ3v) is 9.20. The van der Waals surface area contributed by atoms with Crippen LogP contribution in [0.3, 0.4) is 0 Å². The molecule has 2 N–H and O–H groups in total. The number of aryl methyl sites for hydroxylation is 1. The molecule has 1 aromatic heterocycles. The van der Waals surface area contributed by atoms with Gasteiger partial charge in [-0.2, -0.15) is 0 Å². The Labute approximate surface area is 264 Å². The Hall–Kier alpha value is -3.93. The summed E-state index contributed by atoms with van der Waals surface area (Å²) in [5.74, 6) is 0.631. The molecule has 2 aliphatic heterocycles. The summed E-state index contributed by atoms with van der Waals surface area (Å²) in [6, 6.07) is 9.81. The maximum absolute atomic E-state index is 12.7. The van der Waals surface area contributed by atoms with E-state index < -0.39 is 11.0 Å². The number of nitro benzene ring substituents is 1. The number of rotatable bonds is 16. The number of carbonyl (C=O) groups excluding carboxylic acids is 1. The van der Waals surface area contributed by atoms with Gasteiger partial charge >= 0.3 is 11.8 Å². The number of piperidine rings is 2. The number of ether oxygens (including phenoxy) is 2. The molecule has 2 aliphatic rings. The third-order valence-electron chi connectivity index (χ3n) is 9.20. The zero-order valence-corrected chi connectivity index (χ0v) is 26.5. The minimum atomic E-state index is -0.477. The molecule has 3 aromatic rings. The molecule has 0 aliphatic carbocycles. The van der Waals surface area contributed by atoms with Crippen LogP contribution in [0.2, 0.25) is 0 Å². The molecule has 45 heavy (non-hydrogen) atoms.